The second kappa shape index (κ2) is 5.29. The van der Waals surface area contributed by atoms with Crippen LogP contribution >= 0.6 is 0 Å². The van der Waals surface area contributed by atoms with Gasteiger partial charge < -0.3 is 9.73 Å². The summed E-state index contributed by atoms with van der Waals surface area (Å²) in [5.41, 5.74) is 3.26. The van der Waals surface area contributed by atoms with Crippen molar-refractivity contribution in [3.8, 4) is 0 Å². The average Bonchev–Trinajstić information content (AvgIpc) is 2.82. The Bertz CT molecular complexity index is 726. The lowest BCUT2D eigenvalue weighted by molar-refractivity contribution is 0.422. The molecule has 1 N–H and O–H groups in total. The molecule has 0 amide bonds. The topological polar surface area (TPSA) is 25.2 Å². The molecule has 0 aliphatic rings. The summed E-state index contributed by atoms with van der Waals surface area (Å²) in [7, 11) is 0. The number of hydrogen-bond donors (Lipinski definition) is 1. The third kappa shape index (κ3) is 2.20. The van der Waals surface area contributed by atoms with Crippen LogP contribution in [0.2, 0.25) is 0 Å². The molecule has 0 saturated heterocycles. The predicted molar refractivity (Wildman–Crippen MR) is 85.0 cm³/mol. The van der Waals surface area contributed by atoms with Gasteiger partial charge in [0.1, 0.15) is 11.2 Å². The molecule has 2 heteroatoms. The van der Waals surface area contributed by atoms with Crippen LogP contribution in [0.25, 0.3) is 21.9 Å². The van der Waals surface area contributed by atoms with E-state index in [2.05, 4.69) is 56.4 Å². The molecule has 0 radical (unpaired) electrons. The fourth-order valence-electron chi connectivity index (χ4n) is 2.90. The molecular weight excluding hydrogens is 246 g/mol. The van der Waals surface area contributed by atoms with Crippen molar-refractivity contribution < 1.29 is 4.42 Å². The SMILES string of the molecule is CCNC(c1ccc2oc3ccccc3c2c1)C(C)C. The third-order valence-electron chi connectivity index (χ3n) is 3.85. The van der Waals surface area contributed by atoms with Gasteiger partial charge in [-0.2, -0.15) is 0 Å². The molecule has 1 heterocycles. The number of para-hydroxylation sites is 1. The second-order valence-electron chi connectivity index (χ2n) is 5.63. The Morgan fingerprint density at radius 2 is 1.75 bits per heavy atom. The molecule has 1 atom stereocenters. The molecule has 0 spiro atoms. The quantitative estimate of drug-likeness (QED) is 0.728. The first-order chi connectivity index (χ1) is 9.70. The monoisotopic (exact) mass is 267 g/mol. The summed E-state index contributed by atoms with van der Waals surface area (Å²) in [6.07, 6.45) is 0. The summed E-state index contributed by atoms with van der Waals surface area (Å²) in [6, 6.07) is 15.2. The van der Waals surface area contributed by atoms with Gasteiger partial charge in [-0.3, -0.25) is 0 Å². The van der Waals surface area contributed by atoms with E-state index < -0.39 is 0 Å². The van der Waals surface area contributed by atoms with Gasteiger partial charge in [-0.25, -0.2) is 0 Å². The van der Waals surface area contributed by atoms with Crippen LogP contribution in [0.4, 0.5) is 0 Å². The summed E-state index contributed by atoms with van der Waals surface area (Å²) in [6.45, 7) is 7.64. The summed E-state index contributed by atoms with van der Waals surface area (Å²) in [5.74, 6) is 0.561. The summed E-state index contributed by atoms with van der Waals surface area (Å²) < 4.78 is 5.89. The van der Waals surface area contributed by atoms with Crippen LogP contribution in [0.5, 0.6) is 0 Å². The summed E-state index contributed by atoms with van der Waals surface area (Å²) in [5, 5.41) is 5.98. The molecule has 0 saturated carbocycles. The maximum absolute atomic E-state index is 5.89. The molecule has 1 aromatic heterocycles. The van der Waals surface area contributed by atoms with Crippen molar-refractivity contribution in [2.75, 3.05) is 6.54 Å². The van der Waals surface area contributed by atoms with Gasteiger partial charge in [-0.1, -0.05) is 45.0 Å². The maximum atomic E-state index is 5.89. The van der Waals surface area contributed by atoms with Gasteiger partial charge in [0.25, 0.3) is 0 Å². The van der Waals surface area contributed by atoms with Gasteiger partial charge in [0, 0.05) is 16.8 Å². The summed E-state index contributed by atoms with van der Waals surface area (Å²) in [4.78, 5) is 0. The van der Waals surface area contributed by atoms with Gasteiger partial charge in [-0.05, 0) is 36.2 Å². The highest BCUT2D eigenvalue weighted by Crippen LogP contribution is 2.32. The van der Waals surface area contributed by atoms with Crippen molar-refractivity contribution in [1.29, 1.82) is 0 Å². The first-order valence-electron chi connectivity index (χ1n) is 7.35. The van der Waals surface area contributed by atoms with Gasteiger partial charge in [0.05, 0.1) is 0 Å². The molecule has 0 aliphatic heterocycles. The average molecular weight is 267 g/mol. The molecule has 20 heavy (non-hydrogen) atoms. The van der Waals surface area contributed by atoms with E-state index in [4.69, 9.17) is 4.42 Å². The van der Waals surface area contributed by atoms with Crippen molar-refractivity contribution >= 4 is 21.9 Å². The smallest absolute Gasteiger partial charge is 0.135 e. The molecule has 0 aliphatic carbocycles. The van der Waals surface area contributed by atoms with Crippen LogP contribution < -0.4 is 5.32 Å². The van der Waals surface area contributed by atoms with Crippen LogP contribution in [0.3, 0.4) is 0 Å². The highest BCUT2D eigenvalue weighted by atomic mass is 16.3. The predicted octanol–water partition coefficient (Wildman–Crippen LogP) is 4.89. The molecule has 0 fully saturated rings. The van der Waals surface area contributed by atoms with E-state index in [1.807, 2.05) is 12.1 Å². The molecule has 3 rings (SSSR count). The lowest BCUT2D eigenvalue weighted by Gasteiger charge is -2.22. The minimum atomic E-state index is 0.387. The Labute approximate surface area is 119 Å². The van der Waals surface area contributed by atoms with E-state index in [1.165, 1.54) is 16.3 Å². The Morgan fingerprint density at radius 1 is 1.00 bits per heavy atom. The molecule has 0 bridgehead atoms. The van der Waals surface area contributed by atoms with Gasteiger partial charge in [0.15, 0.2) is 0 Å². The number of benzene rings is 2. The Hall–Kier alpha value is -1.80. The normalized spacial score (nSPS) is 13.4. The first-order valence-corrected chi connectivity index (χ1v) is 7.35. The van der Waals surface area contributed by atoms with Crippen LogP contribution in [-0.2, 0) is 0 Å². The van der Waals surface area contributed by atoms with Crippen LogP contribution in [-0.4, -0.2) is 6.54 Å². The van der Waals surface area contributed by atoms with E-state index in [1.54, 1.807) is 0 Å². The standard InChI is InChI=1S/C18H21NO/c1-4-19-18(12(2)3)13-9-10-17-15(11-13)14-7-5-6-8-16(14)20-17/h5-12,18-19H,4H2,1-3H3. The minimum Gasteiger partial charge on any atom is -0.456 e. The van der Waals surface area contributed by atoms with E-state index in [-0.39, 0.29) is 0 Å². The van der Waals surface area contributed by atoms with Crippen LogP contribution in [0.1, 0.15) is 32.4 Å². The number of hydrogen-bond acceptors (Lipinski definition) is 2. The fourth-order valence-corrected chi connectivity index (χ4v) is 2.90. The minimum absolute atomic E-state index is 0.387. The van der Waals surface area contributed by atoms with Gasteiger partial charge in [-0.15, -0.1) is 0 Å². The Morgan fingerprint density at radius 3 is 2.50 bits per heavy atom. The van der Waals surface area contributed by atoms with E-state index in [0.29, 0.717) is 12.0 Å². The molecule has 1 unspecified atom stereocenters. The Balaban J connectivity index is 2.15. The molecule has 2 nitrogen and oxygen atoms in total. The molecular formula is C18H21NO. The van der Waals surface area contributed by atoms with Gasteiger partial charge >= 0.3 is 0 Å². The number of rotatable bonds is 4. The van der Waals surface area contributed by atoms with E-state index in [9.17, 15) is 0 Å². The molecule has 104 valence electrons. The zero-order valence-corrected chi connectivity index (χ0v) is 12.3. The summed E-state index contributed by atoms with van der Waals surface area (Å²) >= 11 is 0. The van der Waals surface area contributed by atoms with Crippen molar-refractivity contribution in [3.05, 3.63) is 48.0 Å². The van der Waals surface area contributed by atoms with E-state index >= 15 is 0 Å². The van der Waals surface area contributed by atoms with Gasteiger partial charge in [0.2, 0.25) is 0 Å². The molecule has 3 aromatic rings. The first kappa shape index (κ1) is 13.2. The van der Waals surface area contributed by atoms with E-state index in [0.717, 1.165) is 17.7 Å². The van der Waals surface area contributed by atoms with Crippen molar-refractivity contribution in [3.63, 3.8) is 0 Å². The lowest BCUT2D eigenvalue weighted by atomic mass is 9.94. The second-order valence-corrected chi connectivity index (χ2v) is 5.63. The van der Waals surface area contributed by atoms with Crippen molar-refractivity contribution in [1.82, 2.24) is 5.32 Å². The highest BCUT2D eigenvalue weighted by Gasteiger charge is 2.16. The number of nitrogens with one attached hydrogen (secondary N) is 1. The van der Waals surface area contributed by atoms with Crippen LogP contribution in [0.15, 0.2) is 46.9 Å². The Kier molecular flexibility index (Phi) is 3.49. The third-order valence-corrected chi connectivity index (χ3v) is 3.85. The zero-order chi connectivity index (χ0) is 14.1. The highest BCUT2D eigenvalue weighted by molar-refractivity contribution is 6.05. The number of furan rings is 1. The maximum Gasteiger partial charge on any atom is 0.135 e. The lowest BCUT2D eigenvalue weighted by Crippen LogP contribution is -2.25. The largest absolute Gasteiger partial charge is 0.456 e. The zero-order valence-electron chi connectivity index (χ0n) is 12.3. The van der Waals surface area contributed by atoms with Crippen molar-refractivity contribution in [2.45, 2.75) is 26.8 Å². The number of fused-ring (bicyclic) bond motifs is 3. The van der Waals surface area contributed by atoms with Crippen molar-refractivity contribution in [2.24, 2.45) is 5.92 Å². The molecule has 2 aromatic carbocycles. The fraction of sp³-hybridized carbons (Fsp3) is 0.333. The van der Waals surface area contributed by atoms with Crippen LogP contribution in [0, 0.1) is 5.92 Å².